The second-order valence-electron chi connectivity index (χ2n) is 4.04. The van der Waals surface area contributed by atoms with Crippen LogP contribution in [0.2, 0.25) is 0 Å². The number of hydrogen-bond donors (Lipinski definition) is 1. The molecule has 1 N–H and O–H groups in total. The summed E-state index contributed by atoms with van der Waals surface area (Å²) in [5.74, 6) is 0. The number of fused-ring (bicyclic) bond motifs is 1. The van der Waals surface area contributed by atoms with E-state index < -0.39 is 6.10 Å². The lowest BCUT2D eigenvalue weighted by Crippen LogP contribution is -1.99. The highest BCUT2D eigenvalue weighted by Crippen LogP contribution is 2.30. The lowest BCUT2D eigenvalue weighted by molar-refractivity contribution is 0.222. The molecule has 0 fully saturated rings. The van der Waals surface area contributed by atoms with Crippen LogP contribution in [0.25, 0.3) is 10.8 Å². The maximum Gasteiger partial charge on any atom is 0.107 e. The highest BCUT2D eigenvalue weighted by Gasteiger charge is 2.15. The van der Waals surface area contributed by atoms with Gasteiger partial charge in [0.1, 0.15) is 6.10 Å². The van der Waals surface area contributed by atoms with Crippen LogP contribution in [-0.4, -0.2) is 10.1 Å². The SMILES string of the molecule is OC(c1csc(I)c1)c1cncc2ccccc12. The molecule has 2 aromatic heterocycles. The van der Waals surface area contributed by atoms with Crippen molar-refractivity contribution in [1.29, 1.82) is 0 Å². The van der Waals surface area contributed by atoms with Gasteiger partial charge in [-0.05, 0) is 45.0 Å². The Balaban J connectivity index is 2.14. The summed E-state index contributed by atoms with van der Waals surface area (Å²) >= 11 is 3.90. The number of rotatable bonds is 2. The molecular formula is C14H10INOS. The number of nitrogens with zero attached hydrogens (tertiary/aromatic N) is 1. The molecule has 0 saturated heterocycles. The lowest BCUT2D eigenvalue weighted by atomic mass is 10.0. The van der Waals surface area contributed by atoms with Crippen molar-refractivity contribution in [3.63, 3.8) is 0 Å². The standard InChI is InChI=1S/C14H10INOS/c15-13-5-10(8-18-13)14(17)12-7-16-6-9-3-1-2-4-11(9)12/h1-8,14,17H. The summed E-state index contributed by atoms with van der Waals surface area (Å²) in [7, 11) is 0. The van der Waals surface area contributed by atoms with Gasteiger partial charge in [-0.1, -0.05) is 24.3 Å². The van der Waals surface area contributed by atoms with Crippen LogP contribution in [0.15, 0.2) is 48.1 Å². The second-order valence-corrected chi connectivity index (χ2v) is 6.84. The Bertz CT molecular complexity index is 690. The van der Waals surface area contributed by atoms with E-state index in [-0.39, 0.29) is 0 Å². The molecule has 2 nitrogen and oxygen atoms in total. The molecule has 3 rings (SSSR count). The Morgan fingerprint density at radius 2 is 2.06 bits per heavy atom. The van der Waals surface area contributed by atoms with Crippen LogP contribution in [0.4, 0.5) is 0 Å². The Labute approximate surface area is 122 Å². The number of aliphatic hydroxyl groups excluding tert-OH is 1. The van der Waals surface area contributed by atoms with Gasteiger partial charge in [0.15, 0.2) is 0 Å². The molecule has 1 aromatic carbocycles. The third kappa shape index (κ3) is 2.15. The fourth-order valence-electron chi connectivity index (χ4n) is 2.00. The van der Waals surface area contributed by atoms with Crippen LogP contribution in [0, 0.1) is 2.88 Å². The van der Waals surface area contributed by atoms with Gasteiger partial charge in [0.25, 0.3) is 0 Å². The first-order valence-corrected chi connectivity index (χ1v) is 7.46. The van der Waals surface area contributed by atoms with Gasteiger partial charge in [0, 0.05) is 23.3 Å². The topological polar surface area (TPSA) is 33.1 Å². The Morgan fingerprint density at radius 3 is 2.83 bits per heavy atom. The summed E-state index contributed by atoms with van der Waals surface area (Å²) in [5, 5.41) is 14.6. The van der Waals surface area contributed by atoms with Crippen LogP contribution in [0.1, 0.15) is 17.2 Å². The molecule has 1 atom stereocenters. The maximum absolute atomic E-state index is 10.5. The van der Waals surface area contributed by atoms with Crippen molar-refractivity contribution in [3.05, 3.63) is 62.1 Å². The number of hydrogen-bond acceptors (Lipinski definition) is 3. The van der Waals surface area contributed by atoms with E-state index in [9.17, 15) is 5.11 Å². The predicted octanol–water partition coefficient (Wildman–Crippen LogP) is 3.98. The van der Waals surface area contributed by atoms with E-state index in [2.05, 4.69) is 27.6 Å². The van der Waals surface area contributed by atoms with E-state index in [0.29, 0.717) is 0 Å². The van der Waals surface area contributed by atoms with Gasteiger partial charge in [-0.25, -0.2) is 0 Å². The summed E-state index contributed by atoms with van der Waals surface area (Å²) in [4.78, 5) is 4.21. The minimum absolute atomic E-state index is 0.608. The number of aliphatic hydroxyl groups is 1. The zero-order chi connectivity index (χ0) is 12.5. The van der Waals surface area contributed by atoms with Crippen LogP contribution < -0.4 is 0 Å². The summed E-state index contributed by atoms with van der Waals surface area (Å²) in [6, 6.07) is 10.0. The normalized spacial score (nSPS) is 12.8. The van der Waals surface area contributed by atoms with Gasteiger partial charge in [-0.2, -0.15) is 0 Å². The number of aromatic nitrogens is 1. The smallest absolute Gasteiger partial charge is 0.107 e. The molecule has 0 aliphatic heterocycles. The van der Waals surface area contributed by atoms with Crippen molar-refractivity contribution < 1.29 is 5.11 Å². The Kier molecular flexibility index (Phi) is 3.32. The molecule has 0 spiro atoms. The summed E-state index contributed by atoms with van der Waals surface area (Å²) < 4.78 is 1.18. The molecule has 0 aliphatic carbocycles. The molecule has 2 heterocycles. The van der Waals surface area contributed by atoms with Crippen molar-refractivity contribution in [2.45, 2.75) is 6.10 Å². The third-order valence-corrected chi connectivity index (χ3v) is 4.70. The number of benzene rings is 1. The first-order valence-electron chi connectivity index (χ1n) is 5.50. The molecule has 4 heteroatoms. The van der Waals surface area contributed by atoms with Gasteiger partial charge < -0.3 is 5.11 Å². The fourth-order valence-corrected chi connectivity index (χ4v) is 3.39. The van der Waals surface area contributed by atoms with Gasteiger partial charge in [-0.15, -0.1) is 11.3 Å². The lowest BCUT2D eigenvalue weighted by Gasteiger charge is -2.11. The molecular weight excluding hydrogens is 357 g/mol. The summed E-state index contributed by atoms with van der Waals surface area (Å²) in [6.45, 7) is 0. The quantitative estimate of drug-likeness (QED) is 0.695. The first kappa shape index (κ1) is 12.1. The van der Waals surface area contributed by atoms with E-state index in [4.69, 9.17) is 0 Å². The second kappa shape index (κ2) is 4.95. The largest absolute Gasteiger partial charge is 0.384 e. The molecule has 0 bridgehead atoms. The molecule has 0 saturated carbocycles. The number of thiophene rings is 1. The van der Waals surface area contributed by atoms with Crippen LogP contribution >= 0.6 is 33.9 Å². The van der Waals surface area contributed by atoms with Gasteiger partial charge in [-0.3, -0.25) is 4.98 Å². The minimum Gasteiger partial charge on any atom is -0.384 e. The maximum atomic E-state index is 10.5. The zero-order valence-electron chi connectivity index (χ0n) is 9.38. The van der Waals surface area contributed by atoms with E-state index in [1.807, 2.05) is 41.9 Å². The van der Waals surface area contributed by atoms with Crippen LogP contribution in [0.3, 0.4) is 0 Å². The van der Waals surface area contributed by atoms with Crippen molar-refractivity contribution in [1.82, 2.24) is 4.98 Å². The molecule has 18 heavy (non-hydrogen) atoms. The molecule has 0 amide bonds. The summed E-state index contributed by atoms with van der Waals surface area (Å²) in [6.07, 6.45) is 2.96. The van der Waals surface area contributed by atoms with Crippen LogP contribution in [-0.2, 0) is 0 Å². The van der Waals surface area contributed by atoms with E-state index in [0.717, 1.165) is 21.9 Å². The fraction of sp³-hybridized carbons (Fsp3) is 0.0714. The predicted molar refractivity (Wildman–Crippen MR) is 82.8 cm³/mol. The first-order chi connectivity index (χ1) is 8.75. The van der Waals surface area contributed by atoms with Gasteiger partial charge in [0.05, 0.1) is 2.88 Å². The number of pyridine rings is 1. The van der Waals surface area contributed by atoms with Crippen molar-refractivity contribution in [2.24, 2.45) is 0 Å². The molecule has 0 aliphatic rings. The molecule has 90 valence electrons. The number of halogens is 1. The van der Waals surface area contributed by atoms with Gasteiger partial charge in [0.2, 0.25) is 0 Å². The average molecular weight is 367 g/mol. The minimum atomic E-state index is -0.608. The van der Waals surface area contributed by atoms with Crippen molar-refractivity contribution in [2.75, 3.05) is 0 Å². The Morgan fingerprint density at radius 1 is 1.22 bits per heavy atom. The molecule has 1 unspecified atom stereocenters. The van der Waals surface area contributed by atoms with E-state index >= 15 is 0 Å². The van der Waals surface area contributed by atoms with Crippen molar-refractivity contribution in [3.8, 4) is 0 Å². The average Bonchev–Trinajstić information content (AvgIpc) is 2.84. The van der Waals surface area contributed by atoms with Crippen LogP contribution in [0.5, 0.6) is 0 Å². The highest BCUT2D eigenvalue weighted by molar-refractivity contribution is 14.1. The Hall–Kier alpha value is -0.980. The van der Waals surface area contributed by atoms with Crippen molar-refractivity contribution >= 4 is 44.7 Å². The highest BCUT2D eigenvalue weighted by atomic mass is 127. The summed E-state index contributed by atoms with van der Waals surface area (Å²) in [5.41, 5.74) is 1.80. The third-order valence-electron chi connectivity index (χ3n) is 2.90. The van der Waals surface area contributed by atoms with E-state index in [1.54, 1.807) is 17.5 Å². The van der Waals surface area contributed by atoms with Gasteiger partial charge >= 0.3 is 0 Å². The molecule has 3 aromatic rings. The molecule has 0 radical (unpaired) electrons. The monoisotopic (exact) mass is 367 g/mol. The zero-order valence-corrected chi connectivity index (χ0v) is 12.4. The van der Waals surface area contributed by atoms with E-state index in [1.165, 1.54) is 2.88 Å².